The van der Waals surface area contributed by atoms with Gasteiger partial charge in [-0.1, -0.05) is 12.1 Å². The molecule has 4 aliphatic heterocycles. The number of carbonyl (C=O) groups excluding carboxylic acids is 3. The molecule has 63 heavy (non-hydrogen) atoms. The molecule has 5 aromatic rings. The van der Waals surface area contributed by atoms with Crippen LogP contribution < -0.4 is 21.2 Å². The highest BCUT2D eigenvalue weighted by Gasteiger charge is 2.50. The van der Waals surface area contributed by atoms with E-state index in [4.69, 9.17) is 9.84 Å². The Morgan fingerprint density at radius 3 is 2.48 bits per heavy atom. The fourth-order valence-electron chi connectivity index (χ4n) is 10.7. The molecule has 1 aliphatic carbocycles. The van der Waals surface area contributed by atoms with E-state index in [0.717, 1.165) is 120 Å². The molecular weight excluding hydrogens is 820 g/mol. The first kappa shape index (κ1) is 41.4. The minimum Gasteiger partial charge on any atom is -0.372 e. The minimum absolute atomic E-state index is 0.0506. The lowest BCUT2D eigenvalue weighted by molar-refractivity contribution is -0.141. The molecule has 2 N–H and O–H groups in total. The fourth-order valence-corrected chi connectivity index (χ4v) is 10.7. The molecule has 10 rings (SSSR count). The van der Waals surface area contributed by atoms with Gasteiger partial charge in [0.25, 0.3) is 5.91 Å². The maximum absolute atomic E-state index is 13.5. The third-order valence-electron chi connectivity index (χ3n) is 13.8. The van der Waals surface area contributed by atoms with E-state index in [0.29, 0.717) is 29.3 Å². The van der Waals surface area contributed by atoms with Gasteiger partial charge in [-0.05, 0) is 80.7 Å². The number of likely N-dealkylation sites (tertiary alicyclic amines) is 1. The number of piperidine rings is 1. The number of hydrogen-bond acceptors (Lipinski definition) is 11. The number of alkyl halides is 3. The Morgan fingerprint density at radius 1 is 0.952 bits per heavy atom. The number of nitrogens with one attached hydrogen (secondary N) is 2. The summed E-state index contributed by atoms with van der Waals surface area (Å²) in [5, 5.41) is 10.5. The van der Waals surface area contributed by atoms with Crippen LogP contribution >= 0.6 is 0 Å². The maximum atomic E-state index is 13.5. The molecule has 5 fully saturated rings. The molecule has 1 aromatic carbocycles. The van der Waals surface area contributed by atoms with Gasteiger partial charge in [-0.3, -0.25) is 43.3 Å². The van der Waals surface area contributed by atoms with E-state index in [9.17, 15) is 32.3 Å². The van der Waals surface area contributed by atoms with E-state index in [-0.39, 0.29) is 41.2 Å². The first-order valence-electron chi connectivity index (χ1n) is 21.9. The number of amides is 3. The van der Waals surface area contributed by atoms with Crippen molar-refractivity contribution in [3.63, 3.8) is 0 Å². The van der Waals surface area contributed by atoms with Gasteiger partial charge in [0.2, 0.25) is 11.8 Å². The molecule has 1 saturated carbocycles. The van der Waals surface area contributed by atoms with Crippen LogP contribution in [0.3, 0.4) is 0 Å². The van der Waals surface area contributed by atoms with Crippen molar-refractivity contribution in [3.8, 4) is 0 Å². The number of imidazole rings is 1. The zero-order valence-electron chi connectivity index (χ0n) is 35.0. The van der Waals surface area contributed by atoms with Gasteiger partial charge < -0.3 is 15.0 Å². The molecule has 2 atom stereocenters. The van der Waals surface area contributed by atoms with Crippen LogP contribution in [0.15, 0.2) is 59.7 Å². The molecule has 4 saturated heterocycles. The summed E-state index contributed by atoms with van der Waals surface area (Å²) in [4.78, 5) is 65.8. The van der Waals surface area contributed by atoms with Crippen molar-refractivity contribution in [1.29, 1.82) is 0 Å². The number of carbonyl (C=O) groups is 3. The first-order chi connectivity index (χ1) is 30.3. The van der Waals surface area contributed by atoms with Crippen LogP contribution in [0.5, 0.6) is 0 Å². The number of para-hydroxylation sites is 1. The smallest absolute Gasteiger partial charge is 0.372 e. The Hall–Kier alpha value is -5.66. The van der Waals surface area contributed by atoms with Gasteiger partial charge in [0.1, 0.15) is 28.8 Å². The zero-order valence-corrected chi connectivity index (χ0v) is 35.0. The van der Waals surface area contributed by atoms with Crippen LogP contribution in [0, 0.1) is 11.8 Å². The fraction of sp³-hybridized carbons (Fsp3) is 0.523. The van der Waals surface area contributed by atoms with Crippen molar-refractivity contribution in [2.75, 3.05) is 69.2 Å². The number of fused-ring (bicyclic) bond motifs is 2. The van der Waals surface area contributed by atoms with E-state index in [1.807, 2.05) is 29.1 Å². The Labute approximate surface area is 360 Å². The number of hydrogen-bond donors (Lipinski definition) is 2. The average molecular weight is 870 g/mol. The number of rotatable bonds is 9. The topological polar surface area (TPSA) is 165 Å². The summed E-state index contributed by atoms with van der Waals surface area (Å²) in [6.45, 7) is 8.26. The van der Waals surface area contributed by atoms with Crippen molar-refractivity contribution in [3.05, 3.63) is 76.7 Å². The lowest BCUT2D eigenvalue weighted by Gasteiger charge is -2.49. The highest BCUT2D eigenvalue weighted by Crippen LogP contribution is 2.41. The molecule has 5 aliphatic rings. The van der Waals surface area contributed by atoms with Crippen molar-refractivity contribution >= 4 is 51.2 Å². The summed E-state index contributed by atoms with van der Waals surface area (Å²) in [7, 11) is 1.75. The normalized spacial score (nSPS) is 24.6. The second-order valence-electron chi connectivity index (χ2n) is 18.1. The molecule has 1 spiro atoms. The molecule has 19 heteroatoms. The van der Waals surface area contributed by atoms with E-state index in [1.54, 1.807) is 28.4 Å². The lowest BCUT2D eigenvalue weighted by atomic mass is 9.82. The van der Waals surface area contributed by atoms with Gasteiger partial charge >= 0.3 is 11.9 Å². The summed E-state index contributed by atoms with van der Waals surface area (Å²) in [5.41, 5.74) is 1.39. The largest absolute Gasteiger partial charge is 0.433 e. The summed E-state index contributed by atoms with van der Waals surface area (Å²) < 4.78 is 51.0. The quantitative estimate of drug-likeness (QED) is 0.202. The number of nitrogens with zero attached hydrogens (tertiary/aromatic N) is 9. The van der Waals surface area contributed by atoms with E-state index in [2.05, 4.69) is 35.3 Å². The Balaban J connectivity index is 0.671. The van der Waals surface area contributed by atoms with Crippen molar-refractivity contribution in [2.45, 2.75) is 68.8 Å². The third-order valence-corrected chi connectivity index (χ3v) is 13.8. The molecule has 332 valence electrons. The van der Waals surface area contributed by atoms with Gasteiger partial charge in [0.05, 0.1) is 41.2 Å². The van der Waals surface area contributed by atoms with Gasteiger partial charge in [-0.25, -0.2) is 14.8 Å². The van der Waals surface area contributed by atoms with Crippen molar-refractivity contribution < 1.29 is 32.3 Å². The highest BCUT2D eigenvalue weighted by molar-refractivity contribution is 6.03. The van der Waals surface area contributed by atoms with Gasteiger partial charge in [-0.15, -0.1) is 0 Å². The van der Waals surface area contributed by atoms with Gasteiger partial charge in [0, 0.05) is 77.4 Å². The second kappa shape index (κ2) is 16.2. The molecule has 8 heterocycles. The Bertz CT molecular complexity index is 2640. The summed E-state index contributed by atoms with van der Waals surface area (Å²) >= 11 is 0. The number of aromatic nitrogens is 6. The van der Waals surface area contributed by atoms with Crippen LogP contribution in [-0.4, -0.2) is 121 Å². The number of benzene rings is 1. The van der Waals surface area contributed by atoms with Crippen molar-refractivity contribution in [2.24, 2.45) is 18.9 Å². The van der Waals surface area contributed by atoms with Crippen LogP contribution in [-0.2, 0) is 27.5 Å². The van der Waals surface area contributed by atoms with E-state index < -0.39 is 29.7 Å². The average Bonchev–Trinajstić information content (AvgIpc) is 3.95. The Morgan fingerprint density at radius 2 is 1.71 bits per heavy atom. The van der Waals surface area contributed by atoms with Crippen LogP contribution in [0.1, 0.15) is 73.2 Å². The first-order valence-corrected chi connectivity index (χ1v) is 21.9. The minimum atomic E-state index is -4.65. The molecular formula is C44H50F3N11O5. The van der Waals surface area contributed by atoms with E-state index in [1.165, 1.54) is 6.07 Å². The number of ether oxygens (including phenoxy) is 1. The molecule has 2 unspecified atom stereocenters. The van der Waals surface area contributed by atoms with Crippen LogP contribution in [0.25, 0.3) is 21.9 Å². The van der Waals surface area contributed by atoms with Gasteiger partial charge in [-0.2, -0.15) is 18.3 Å². The number of piperazine rings is 1. The number of pyridine rings is 2. The maximum Gasteiger partial charge on any atom is 0.433 e. The molecule has 4 aromatic heterocycles. The number of halogens is 3. The third kappa shape index (κ3) is 8.10. The molecule has 3 amide bonds. The van der Waals surface area contributed by atoms with Crippen LogP contribution in [0.4, 0.5) is 24.7 Å². The SMILES string of the molecule is Cn1c(=O)n(C2CCC(=O)NC2=O)c2cccc(N3CCN(CC4COC5(C4)CN(C[C@H]4CC[C@H](n6cc7cc(NC(=O)c8cccc(C(F)(F)F)n8)ncc7n6)CC4)C5)CC3)c21. The molecule has 0 bridgehead atoms. The van der Waals surface area contributed by atoms with E-state index >= 15 is 0 Å². The standard InChI is InChI=1S/C44H50F3N11O5/c1-53-39-33(5-3-6-34(39)58(42(53)62)35-12-13-38(59)51-41(35)61)56-16-14-54(15-17-56)22-28-19-43(63-24-28)25-55(26-43)21-27-8-10-30(11-9-27)57-23-29-18-37(48-20-32(29)52-57)50-40(60)31-4-2-7-36(49-31)44(45,46)47/h2-7,18,20,23,27-28,30,35H,8-17,19,21-22,24-26H2,1H3,(H,50,60)(H,51,59,61)/t27-,28?,30-,35?. The molecule has 16 nitrogen and oxygen atoms in total. The monoisotopic (exact) mass is 869 g/mol. The number of anilines is 2. The lowest BCUT2D eigenvalue weighted by Crippen LogP contribution is -2.62. The zero-order chi connectivity index (χ0) is 43.6. The van der Waals surface area contributed by atoms with Gasteiger partial charge in [0.15, 0.2) is 0 Å². The predicted octanol–water partition coefficient (Wildman–Crippen LogP) is 4.37. The summed E-state index contributed by atoms with van der Waals surface area (Å²) in [6, 6.07) is 10.3. The highest BCUT2D eigenvalue weighted by atomic mass is 19.4. The summed E-state index contributed by atoms with van der Waals surface area (Å²) in [6.07, 6.45) is 4.64. The Kier molecular flexibility index (Phi) is 10.6. The second-order valence-corrected chi connectivity index (χ2v) is 18.1. The number of aryl methyl sites for hydroxylation is 1. The van der Waals surface area contributed by atoms with Crippen LogP contribution in [0.2, 0.25) is 0 Å². The summed E-state index contributed by atoms with van der Waals surface area (Å²) in [5.74, 6) is -0.208. The predicted molar refractivity (Wildman–Crippen MR) is 226 cm³/mol. The molecule has 0 radical (unpaired) electrons. The number of imide groups is 1. The van der Waals surface area contributed by atoms with Crippen molar-refractivity contribution in [1.82, 2.24) is 44.0 Å².